The van der Waals surface area contributed by atoms with Gasteiger partial charge in [-0.3, -0.25) is 0 Å². The van der Waals surface area contributed by atoms with Crippen molar-refractivity contribution < 1.29 is 4.39 Å². The average molecular weight is 136 g/mol. The Kier molecular flexibility index (Phi) is 0.942. The third-order valence-corrected chi connectivity index (χ3v) is 2.11. The molecule has 1 aromatic rings. The zero-order valence-corrected chi connectivity index (χ0v) is 6.16. The second-order valence-corrected chi connectivity index (χ2v) is 2.96. The molecule has 0 N–H and O–H groups in total. The molecule has 0 radical (unpaired) electrons. The fourth-order valence-corrected chi connectivity index (χ4v) is 1.43. The second-order valence-electron chi connectivity index (χ2n) is 2.96. The highest BCUT2D eigenvalue weighted by molar-refractivity contribution is 5.53. The molecule has 0 unspecified atom stereocenters. The van der Waals surface area contributed by atoms with Crippen LogP contribution in [0.2, 0.25) is 0 Å². The van der Waals surface area contributed by atoms with E-state index < -0.39 is 0 Å². The lowest BCUT2D eigenvalue weighted by Gasteiger charge is -1.94. The highest BCUT2D eigenvalue weighted by Crippen LogP contribution is 2.35. The van der Waals surface area contributed by atoms with Gasteiger partial charge in [-0.05, 0) is 36.1 Å². The molecule has 0 nitrogen and oxygen atoms in total. The Balaban J connectivity index is 2.71. The molecule has 0 atom stereocenters. The van der Waals surface area contributed by atoms with Gasteiger partial charge in [0, 0.05) is 6.42 Å². The fourth-order valence-electron chi connectivity index (χ4n) is 1.43. The van der Waals surface area contributed by atoms with Crippen molar-refractivity contribution in [1.29, 1.82) is 0 Å². The molecule has 52 valence electrons. The Bertz CT molecular complexity index is 296. The maximum Gasteiger partial charge on any atom is 0.129 e. The van der Waals surface area contributed by atoms with Gasteiger partial charge in [0.05, 0.1) is 0 Å². The van der Waals surface area contributed by atoms with E-state index in [1.165, 1.54) is 11.1 Å². The minimum Gasteiger partial charge on any atom is -0.206 e. The van der Waals surface area contributed by atoms with Gasteiger partial charge in [-0.15, -0.1) is 0 Å². The molecule has 0 heterocycles. The number of hydrogen-bond donors (Lipinski definition) is 0. The summed E-state index contributed by atoms with van der Waals surface area (Å²) >= 11 is 0. The number of aryl methyl sites for hydroxylation is 2. The van der Waals surface area contributed by atoms with Crippen molar-refractivity contribution in [3.8, 4) is 0 Å². The molecule has 1 aliphatic carbocycles. The maximum absolute atomic E-state index is 13.0. The summed E-state index contributed by atoms with van der Waals surface area (Å²) in [5, 5.41) is 0. The quantitative estimate of drug-likeness (QED) is 0.521. The van der Waals surface area contributed by atoms with Crippen molar-refractivity contribution in [3.63, 3.8) is 0 Å². The topological polar surface area (TPSA) is 0 Å². The van der Waals surface area contributed by atoms with Crippen molar-refractivity contribution >= 4 is 0 Å². The van der Waals surface area contributed by atoms with E-state index >= 15 is 0 Å². The highest BCUT2D eigenvalue weighted by Gasteiger charge is 2.24. The van der Waals surface area contributed by atoms with E-state index in [0.717, 1.165) is 17.5 Å². The molecule has 0 spiro atoms. The SMILES string of the molecule is Cc1cc(C)c2c(c1F)C2. The van der Waals surface area contributed by atoms with E-state index in [4.69, 9.17) is 0 Å². The van der Waals surface area contributed by atoms with Crippen LogP contribution in [-0.4, -0.2) is 0 Å². The smallest absolute Gasteiger partial charge is 0.129 e. The van der Waals surface area contributed by atoms with Crippen LogP contribution in [0, 0.1) is 19.7 Å². The molecular weight excluding hydrogens is 127 g/mol. The van der Waals surface area contributed by atoms with Crippen LogP contribution in [0.25, 0.3) is 0 Å². The Morgan fingerprint density at radius 1 is 1.20 bits per heavy atom. The van der Waals surface area contributed by atoms with Crippen LogP contribution in [0.3, 0.4) is 0 Å². The zero-order valence-electron chi connectivity index (χ0n) is 6.16. The summed E-state index contributed by atoms with van der Waals surface area (Å²) in [5.41, 5.74) is 4.20. The summed E-state index contributed by atoms with van der Waals surface area (Å²) in [6.07, 6.45) is 0.880. The first-order chi connectivity index (χ1) is 4.70. The fraction of sp³-hybridized carbons (Fsp3) is 0.333. The van der Waals surface area contributed by atoms with Crippen LogP contribution >= 0.6 is 0 Å². The van der Waals surface area contributed by atoms with Gasteiger partial charge in [-0.25, -0.2) is 4.39 Å². The minimum absolute atomic E-state index is 0.0144. The van der Waals surface area contributed by atoms with Crippen molar-refractivity contribution in [1.82, 2.24) is 0 Å². The van der Waals surface area contributed by atoms with Gasteiger partial charge in [-0.1, -0.05) is 6.07 Å². The molecular formula is C9H9F. The Morgan fingerprint density at radius 3 is 2.60 bits per heavy atom. The van der Waals surface area contributed by atoms with E-state index in [1.54, 1.807) is 0 Å². The standard InChI is InChI=1S/C9H9F/c1-5-3-6(2)9(10)8-4-7(5)8/h3H,4H2,1-2H3. The van der Waals surface area contributed by atoms with Crippen LogP contribution in [0.5, 0.6) is 0 Å². The Hall–Kier alpha value is -0.850. The van der Waals surface area contributed by atoms with E-state index in [-0.39, 0.29) is 5.82 Å². The molecule has 0 saturated carbocycles. The number of rotatable bonds is 0. The summed E-state index contributed by atoms with van der Waals surface area (Å²) < 4.78 is 13.0. The molecule has 0 bridgehead atoms. The van der Waals surface area contributed by atoms with Gasteiger partial charge >= 0.3 is 0 Å². The van der Waals surface area contributed by atoms with Crippen molar-refractivity contribution in [2.75, 3.05) is 0 Å². The summed E-state index contributed by atoms with van der Waals surface area (Å²) in [5.74, 6) is 0.0144. The maximum atomic E-state index is 13.0. The first-order valence-corrected chi connectivity index (χ1v) is 3.47. The number of fused-ring (bicyclic) bond motifs is 1. The largest absolute Gasteiger partial charge is 0.206 e. The van der Waals surface area contributed by atoms with Crippen LogP contribution in [0.15, 0.2) is 6.07 Å². The lowest BCUT2D eigenvalue weighted by atomic mass is 10.1. The van der Waals surface area contributed by atoms with Crippen LogP contribution in [0.1, 0.15) is 22.3 Å². The summed E-state index contributed by atoms with van der Waals surface area (Å²) in [6, 6.07) is 1.92. The lowest BCUT2D eigenvalue weighted by Crippen LogP contribution is -1.81. The van der Waals surface area contributed by atoms with Crippen molar-refractivity contribution in [3.05, 3.63) is 34.1 Å². The predicted molar refractivity (Wildman–Crippen MR) is 38.7 cm³/mol. The van der Waals surface area contributed by atoms with E-state index in [0.29, 0.717) is 0 Å². The molecule has 0 aliphatic heterocycles. The van der Waals surface area contributed by atoms with Gasteiger partial charge < -0.3 is 0 Å². The predicted octanol–water partition coefficient (Wildman–Crippen LogP) is 2.35. The van der Waals surface area contributed by atoms with Crippen molar-refractivity contribution in [2.45, 2.75) is 20.3 Å². The molecule has 0 fully saturated rings. The first kappa shape index (κ1) is 5.90. The summed E-state index contributed by atoms with van der Waals surface area (Å²) in [4.78, 5) is 0. The van der Waals surface area contributed by atoms with Gasteiger partial charge in [0.2, 0.25) is 0 Å². The van der Waals surface area contributed by atoms with Gasteiger partial charge in [-0.2, -0.15) is 0 Å². The molecule has 1 heteroatoms. The molecule has 10 heavy (non-hydrogen) atoms. The third kappa shape index (κ3) is 0.605. The molecule has 2 rings (SSSR count). The van der Waals surface area contributed by atoms with E-state index in [1.807, 2.05) is 19.9 Å². The Labute approximate surface area is 59.7 Å². The molecule has 1 aliphatic rings. The normalized spacial score (nSPS) is 13.1. The number of benzene rings is 1. The van der Waals surface area contributed by atoms with Crippen LogP contribution in [0.4, 0.5) is 4.39 Å². The van der Waals surface area contributed by atoms with E-state index in [9.17, 15) is 4.39 Å². The first-order valence-electron chi connectivity index (χ1n) is 3.47. The molecule has 0 amide bonds. The van der Waals surface area contributed by atoms with Crippen molar-refractivity contribution in [2.24, 2.45) is 0 Å². The van der Waals surface area contributed by atoms with E-state index in [2.05, 4.69) is 0 Å². The van der Waals surface area contributed by atoms with Crippen LogP contribution in [-0.2, 0) is 6.42 Å². The molecule has 0 saturated heterocycles. The van der Waals surface area contributed by atoms with Crippen LogP contribution < -0.4 is 0 Å². The minimum atomic E-state index is 0.0144. The third-order valence-electron chi connectivity index (χ3n) is 2.11. The Morgan fingerprint density at radius 2 is 1.90 bits per heavy atom. The monoisotopic (exact) mass is 136 g/mol. The van der Waals surface area contributed by atoms with Gasteiger partial charge in [0.15, 0.2) is 0 Å². The highest BCUT2D eigenvalue weighted by atomic mass is 19.1. The number of halogens is 1. The lowest BCUT2D eigenvalue weighted by molar-refractivity contribution is 0.616. The van der Waals surface area contributed by atoms with Gasteiger partial charge in [0.1, 0.15) is 5.82 Å². The number of hydrogen-bond acceptors (Lipinski definition) is 0. The van der Waals surface area contributed by atoms with Gasteiger partial charge in [0.25, 0.3) is 0 Å². The summed E-state index contributed by atoms with van der Waals surface area (Å²) in [6.45, 7) is 3.86. The molecule has 1 aromatic carbocycles. The second kappa shape index (κ2) is 1.60. The molecule has 0 aromatic heterocycles. The summed E-state index contributed by atoms with van der Waals surface area (Å²) in [7, 11) is 0. The average Bonchev–Trinajstić information content (AvgIpc) is 2.61. The zero-order chi connectivity index (χ0) is 7.30.